The van der Waals surface area contributed by atoms with E-state index in [-0.39, 0.29) is 6.42 Å². The first kappa shape index (κ1) is 9.09. The fourth-order valence-electron chi connectivity index (χ4n) is 0.980. The topological polar surface area (TPSA) is 17.8 Å². The van der Waals surface area contributed by atoms with Crippen LogP contribution in [0.25, 0.3) is 0 Å². The van der Waals surface area contributed by atoms with Crippen LogP contribution in [0.15, 0.2) is 12.3 Å². The lowest BCUT2D eigenvalue weighted by Gasteiger charge is -2.13. The molecule has 0 fully saturated rings. The van der Waals surface area contributed by atoms with Gasteiger partial charge in [-0.25, -0.2) is 8.78 Å². The zero-order chi connectivity index (χ0) is 9.14. The summed E-state index contributed by atoms with van der Waals surface area (Å²) in [5.74, 6) is -0.728. The number of halogens is 3. The smallest absolute Gasteiger partial charge is 0.260 e. The number of hydrogen-bond donors (Lipinski definition) is 0. The number of aromatic nitrogens is 2. The Morgan fingerprint density at radius 1 is 1.58 bits per heavy atom. The summed E-state index contributed by atoms with van der Waals surface area (Å²) in [6, 6.07) is 0.0416. The highest BCUT2D eigenvalue weighted by Crippen LogP contribution is 2.18. The minimum Gasteiger partial charge on any atom is -0.261 e. The fourth-order valence-corrected chi connectivity index (χ4v) is 0.980. The first-order chi connectivity index (χ1) is 5.65. The Balaban J connectivity index is 2.80. The zero-order valence-corrected chi connectivity index (χ0v) is 6.54. The lowest BCUT2D eigenvalue weighted by atomic mass is 10.2. The summed E-state index contributed by atoms with van der Waals surface area (Å²) in [4.78, 5) is 0. The Morgan fingerprint density at radius 3 is 2.58 bits per heavy atom. The predicted octanol–water partition coefficient (Wildman–Crippen LogP) is 2.24. The minimum absolute atomic E-state index is 0.235. The molecular formula is C7H9F3N2. The molecule has 1 aromatic rings. The molecule has 0 aliphatic heterocycles. The fraction of sp³-hybridized carbons (Fsp3) is 0.571. The molecule has 68 valence electrons. The maximum Gasteiger partial charge on any atom is 0.260 e. The van der Waals surface area contributed by atoms with E-state index in [1.54, 1.807) is 6.92 Å². The van der Waals surface area contributed by atoms with Gasteiger partial charge in [0.2, 0.25) is 5.95 Å². The number of rotatable bonds is 3. The van der Waals surface area contributed by atoms with Crippen LogP contribution in [0.2, 0.25) is 0 Å². The summed E-state index contributed by atoms with van der Waals surface area (Å²) in [6.07, 6.45) is -1.05. The van der Waals surface area contributed by atoms with E-state index >= 15 is 0 Å². The molecule has 1 rings (SSSR count). The third-order valence-electron chi connectivity index (χ3n) is 1.62. The molecule has 0 aromatic carbocycles. The van der Waals surface area contributed by atoms with Crippen LogP contribution in [-0.4, -0.2) is 16.2 Å². The van der Waals surface area contributed by atoms with E-state index in [1.807, 2.05) is 0 Å². The highest BCUT2D eigenvalue weighted by atomic mass is 19.3. The Morgan fingerprint density at radius 2 is 2.25 bits per heavy atom. The van der Waals surface area contributed by atoms with Crippen molar-refractivity contribution >= 4 is 0 Å². The van der Waals surface area contributed by atoms with Crippen molar-refractivity contribution in [3.8, 4) is 0 Å². The van der Waals surface area contributed by atoms with E-state index in [2.05, 4.69) is 5.10 Å². The number of alkyl halides is 2. The number of nitrogens with zero attached hydrogens (tertiary/aromatic N) is 2. The highest BCUT2D eigenvalue weighted by Gasteiger charge is 2.20. The van der Waals surface area contributed by atoms with Crippen LogP contribution in [0.4, 0.5) is 13.2 Å². The quantitative estimate of drug-likeness (QED) is 0.694. The monoisotopic (exact) mass is 178 g/mol. The second-order valence-electron chi connectivity index (χ2n) is 2.43. The minimum atomic E-state index is -2.51. The molecule has 0 spiro atoms. The Bertz CT molecular complexity index is 247. The van der Waals surface area contributed by atoms with Crippen molar-refractivity contribution in [1.82, 2.24) is 9.78 Å². The van der Waals surface area contributed by atoms with Crippen molar-refractivity contribution in [2.45, 2.75) is 25.8 Å². The van der Waals surface area contributed by atoms with Crippen molar-refractivity contribution in [2.24, 2.45) is 0 Å². The lowest BCUT2D eigenvalue weighted by molar-refractivity contribution is 0.0734. The molecule has 5 heteroatoms. The van der Waals surface area contributed by atoms with Crippen LogP contribution >= 0.6 is 0 Å². The van der Waals surface area contributed by atoms with Crippen LogP contribution in [0.3, 0.4) is 0 Å². The highest BCUT2D eigenvalue weighted by molar-refractivity contribution is 4.85. The SMILES string of the molecule is CCC(C(F)F)n1ccc(F)n1. The van der Waals surface area contributed by atoms with Gasteiger partial charge >= 0.3 is 0 Å². The van der Waals surface area contributed by atoms with Gasteiger partial charge in [0.15, 0.2) is 0 Å². The summed E-state index contributed by atoms with van der Waals surface area (Å²) < 4.78 is 37.7. The van der Waals surface area contributed by atoms with Crippen molar-refractivity contribution < 1.29 is 13.2 Å². The molecule has 0 amide bonds. The van der Waals surface area contributed by atoms with Gasteiger partial charge in [-0.15, -0.1) is 5.10 Å². The third kappa shape index (κ3) is 1.78. The van der Waals surface area contributed by atoms with Gasteiger partial charge in [-0.1, -0.05) is 6.92 Å². The van der Waals surface area contributed by atoms with Gasteiger partial charge in [0, 0.05) is 12.3 Å². The standard InChI is InChI=1S/C7H9F3N2/c1-2-5(7(9)10)12-4-3-6(8)11-12/h3-5,7H,2H2,1H3. The predicted molar refractivity (Wildman–Crippen MR) is 37.5 cm³/mol. The Kier molecular flexibility index (Phi) is 2.73. The van der Waals surface area contributed by atoms with Crippen molar-refractivity contribution in [2.75, 3.05) is 0 Å². The third-order valence-corrected chi connectivity index (χ3v) is 1.62. The van der Waals surface area contributed by atoms with Crippen molar-refractivity contribution in [1.29, 1.82) is 0 Å². The van der Waals surface area contributed by atoms with E-state index in [0.29, 0.717) is 0 Å². The van der Waals surface area contributed by atoms with Crippen LogP contribution in [0.1, 0.15) is 19.4 Å². The molecule has 1 unspecified atom stereocenters. The summed E-state index contributed by atoms with van der Waals surface area (Å²) >= 11 is 0. The van der Waals surface area contributed by atoms with Gasteiger partial charge in [0.05, 0.1) is 0 Å². The zero-order valence-electron chi connectivity index (χ0n) is 6.54. The second kappa shape index (κ2) is 3.60. The van der Waals surface area contributed by atoms with E-state index < -0.39 is 18.4 Å². The summed E-state index contributed by atoms with van der Waals surface area (Å²) in [7, 11) is 0. The molecule has 1 atom stereocenters. The van der Waals surface area contributed by atoms with E-state index in [1.165, 1.54) is 6.20 Å². The maximum atomic E-state index is 12.3. The normalized spacial score (nSPS) is 13.8. The maximum absolute atomic E-state index is 12.3. The molecule has 2 nitrogen and oxygen atoms in total. The first-order valence-electron chi connectivity index (χ1n) is 3.64. The van der Waals surface area contributed by atoms with Crippen LogP contribution in [0.5, 0.6) is 0 Å². The second-order valence-corrected chi connectivity index (χ2v) is 2.43. The Labute approximate surface area is 68.0 Å². The summed E-state index contributed by atoms with van der Waals surface area (Å²) in [6.45, 7) is 1.61. The molecule has 0 saturated carbocycles. The number of hydrogen-bond acceptors (Lipinski definition) is 1. The van der Waals surface area contributed by atoms with Crippen LogP contribution < -0.4 is 0 Å². The van der Waals surface area contributed by atoms with E-state index in [9.17, 15) is 13.2 Å². The van der Waals surface area contributed by atoms with Gasteiger partial charge in [0.1, 0.15) is 6.04 Å². The molecule has 1 heterocycles. The molecule has 1 aromatic heterocycles. The molecular weight excluding hydrogens is 169 g/mol. The van der Waals surface area contributed by atoms with Gasteiger partial charge in [-0.3, -0.25) is 4.68 Å². The Hall–Kier alpha value is -1.00. The first-order valence-corrected chi connectivity index (χ1v) is 3.64. The molecule has 0 saturated heterocycles. The summed E-state index contributed by atoms with van der Waals surface area (Å²) in [5, 5.41) is 3.27. The molecule has 0 bridgehead atoms. The molecule has 0 aliphatic carbocycles. The van der Waals surface area contributed by atoms with E-state index in [0.717, 1.165) is 10.7 Å². The average molecular weight is 178 g/mol. The molecule has 12 heavy (non-hydrogen) atoms. The van der Waals surface area contributed by atoms with Gasteiger partial charge in [0.25, 0.3) is 6.43 Å². The molecule has 0 radical (unpaired) electrons. The van der Waals surface area contributed by atoms with Crippen molar-refractivity contribution in [3.63, 3.8) is 0 Å². The van der Waals surface area contributed by atoms with Crippen LogP contribution in [-0.2, 0) is 0 Å². The molecule has 0 aliphatic rings. The van der Waals surface area contributed by atoms with Crippen LogP contribution in [0, 0.1) is 5.95 Å². The van der Waals surface area contributed by atoms with Crippen molar-refractivity contribution in [3.05, 3.63) is 18.2 Å². The van der Waals surface area contributed by atoms with E-state index in [4.69, 9.17) is 0 Å². The van der Waals surface area contributed by atoms with Gasteiger partial charge in [-0.2, -0.15) is 4.39 Å². The van der Waals surface area contributed by atoms with Gasteiger partial charge in [-0.05, 0) is 6.42 Å². The van der Waals surface area contributed by atoms with Gasteiger partial charge < -0.3 is 0 Å². The lowest BCUT2D eigenvalue weighted by Crippen LogP contribution is -2.17. The largest absolute Gasteiger partial charge is 0.261 e. The molecule has 0 N–H and O–H groups in total. The average Bonchev–Trinajstić information content (AvgIpc) is 2.37. The summed E-state index contributed by atoms with van der Waals surface area (Å²) in [5.41, 5.74) is 0.